The number of fused-ring (bicyclic) bond motifs is 1. The van der Waals surface area contributed by atoms with Crippen LogP contribution in [-0.2, 0) is 0 Å². The molecule has 3 aromatic carbocycles. The smallest absolute Gasteiger partial charge is 0.265 e. The Morgan fingerprint density at radius 2 is 1.21 bits per heavy atom. The molecular formula is C22H14N4OS. The summed E-state index contributed by atoms with van der Waals surface area (Å²) in [6.45, 7) is 0. The summed E-state index contributed by atoms with van der Waals surface area (Å²) >= 11 is 1.35. The fourth-order valence-corrected chi connectivity index (χ4v) is 3.89. The van der Waals surface area contributed by atoms with Gasteiger partial charge in [-0.1, -0.05) is 96.3 Å². The molecule has 6 heteroatoms. The van der Waals surface area contributed by atoms with Gasteiger partial charge < -0.3 is 0 Å². The van der Waals surface area contributed by atoms with E-state index in [4.69, 9.17) is 0 Å². The average Bonchev–Trinajstić information content (AvgIpc) is 3.21. The van der Waals surface area contributed by atoms with Gasteiger partial charge in [0, 0.05) is 11.1 Å². The molecule has 2 heterocycles. The monoisotopic (exact) mass is 382 g/mol. The van der Waals surface area contributed by atoms with E-state index in [9.17, 15) is 4.79 Å². The number of aromatic nitrogens is 4. The van der Waals surface area contributed by atoms with Crippen LogP contribution in [0.15, 0.2) is 89.7 Å². The molecule has 0 unspecified atom stereocenters. The molecule has 134 valence electrons. The predicted molar refractivity (Wildman–Crippen MR) is 111 cm³/mol. The van der Waals surface area contributed by atoms with Gasteiger partial charge in [-0.2, -0.15) is 9.61 Å². The van der Waals surface area contributed by atoms with Crippen molar-refractivity contribution in [1.29, 1.82) is 0 Å². The zero-order chi connectivity index (χ0) is 18.9. The van der Waals surface area contributed by atoms with Crippen molar-refractivity contribution in [2.45, 2.75) is 0 Å². The molecule has 0 amide bonds. The second-order valence-electron chi connectivity index (χ2n) is 6.26. The quantitative estimate of drug-likeness (QED) is 0.459. The summed E-state index contributed by atoms with van der Waals surface area (Å²) in [4.78, 5) is 13.3. The fraction of sp³-hybridized carbons (Fsp3) is 0. The molecule has 5 aromatic rings. The van der Waals surface area contributed by atoms with E-state index in [1.54, 1.807) is 0 Å². The molecule has 0 saturated carbocycles. The Kier molecular flexibility index (Phi) is 4.03. The fourth-order valence-electron chi connectivity index (χ4n) is 3.04. The van der Waals surface area contributed by atoms with Crippen LogP contribution in [0.3, 0.4) is 0 Å². The van der Waals surface area contributed by atoms with Gasteiger partial charge in [0.05, 0.1) is 0 Å². The zero-order valence-corrected chi connectivity index (χ0v) is 15.5. The van der Waals surface area contributed by atoms with E-state index in [0.29, 0.717) is 10.7 Å². The minimum Gasteiger partial charge on any atom is -0.265 e. The number of benzene rings is 3. The zero-order valence-electron chi connectivity index (χ0n) is 14.7. The summed E-state index contributed by atoms with van der Waals surface area (Å²) in [5, 5.41) is 13.5. The van der Waals surface area contributed by atoms with Crippen molar-refractivity contribution in [2.75, 3.05) is 0 Å². The Balaban J connectivity index is 1.55. The lowest BCUT2D eigenvalue weighted by Crippen LogP contribution is -2.19. The maximum absolute atomic E-state index is 12.8. The highest BCUT2D eigenvalue weighted by Crippen LogP contribution is 2.27. The van der Waals surface area contributed by atoms with Crippen LogP contribution < -0.4 is 5.56 Å². The lowest BCUT2D eigenvalue weighted by Gasteiger charge is -2.02. The molecule has 0 aliphatic heterocycles. The molecule has 0 radical (unpaired) electrons. The first-order valence-electron chi connectivity index (χ1n) is 8.77. The van der Waals surface area contributed by atoms with Crippen molar-refractivity contribution >= 4 is 16.3 Å². The molecule has 0 N–H and O–H groups in total. The Labute approximate surface area is 164 Å². The third kappa shape index (κ3) is 2.90. The highest BCUT2D eigenvalue weighted by Gasteiger charge is 2.14. The third-order valence-electron chi connectivity index (χ3n) is 4.48. The van der Waals surface area contributed by atoms with Crippen molar-refractivity contribution < 1.29 is 0 Å². The van der Waals surface area contributed by atoms with Crippen molar-refractivity contribution in [3.63, 3.8) is 0 Å². The van der Waals surface area contributed by atoms with E-state index in [0.717, 1.165) is 27.3 Å². The van der Waals surface area contributed by atoms with E-state index in [1.165, 1.54) is 15.9 Å². The molecule has 5 rings (SSSR count). The number of hydrogen-bond acceptors (Lipinski definition) is 5. The topological polar surface area (TPSA) is 60.2 Å². The number of nitrogens with zero attached hydrogens (tertiary/aromatic N) is 4. The largest absolute Gasteiger partial charge is 0.302 e. The van der Waals surface area contributed by atoms with Crippen molar-refractivity contribution in [2.24, 2.45) is 0 Å². The van der Waals surface area contributed by atoms with Crippen LogP contribution in [0, 0.1) is 0 Å². The van der Waals surface area contributed by atoms with E-state index in [1.807, 2.05) is 60.7 Å². The molecule has 0 atom stereocenters. The van der Waals surface area contributed by atoms with Crippen LogP contribution in [0.2, 0.25) is 0 Å². The van der Waals surface area contributed by atoms with Crippen LogP contribution in [0.25, 0.3) is 37.9 Å². The van der Waals surface area contributed by atoms with Gasteiger partial charge in [0.2, 0.25) is 4.96 Å². The normalized spacial score (nSPS) is 11.0. The summed E-state index contributed by atoms with van der Waals surface area (Å²) in [5.74, 6) is 0. The van der Waals surface area contributed by atoms with Crippen molar-refractivity contribution in [3.05, 3.63) is 95.3 Å². The van der Waals surface area contributed by atoms with Gasteiger partial charge in [-0.25, -0.2) is 0 Å². The van der Waals surface area contributed by atoms with Gasteiger partial charge in [0.25, 0.3) is 0 Å². The molecule has 0 aliphatic carbocycles. The van der Waals surface area contributed by atoms with Crippen molar-refractivity contribution in [1.82, 2.24) is 19.8 Å². The molecule has 0 bridgehead atoms. The molecule has 5 nitrogen and oxygen atoms in total. The van der Waals surface area contributed by atoms with Gasteiger partial charge in [-0.05, 0) is 11.1 Å². The molecule has 28 heavy (non-hydrogen) atoms. The van der Waals surface area contributed by atoms with Crippen LogP contribution >= 0.6 is 11.3 Å². The molecule has 0 saturated heterocycles. The first kappa shape index (κ1) is 16.5. The van der Waals surface area contributed by atoms with E-state index >= 15 is 0 Å². The standard InChI is InChI=1S/C22H14N4OS/c27-21-19(17-9-5-2-6-10-17)23-24-22-26(21)25-20(28-22)18-13-11-16(12-14-18)15-7-3-1-4-8-15/h1-14H. The van der Waals surface area contributed by atoms with Gasteiger partial charge in [-0.15, -0.1) is 10.2 Å². The molecule has 0 spiro atoms. The van der Waals surface area contributed by atoms with Gasteiger partial charge in [0.1, 0.15) is 5.01 Å². The summed E-state index contributed by atoms with van der Waals surface area (Å²) in [7, 11) is 0. The molecule has 0 aliphatic rings. The minimum atomic E-state index is -0.264. The summed E-state index contributed by atoms with van der Waals surface area (Å²) in [5.41, 5.74) is 4.00. The van der Waals surface area contributed by atoms with Crippen LogP contribution in [-0.4, -0.2) is 19.8 Å². The number of hydrogen-bond donors (Lipinski definition) is 0. The lowest BCUT2D eigenvalue weighted by molar-refractivity contribution is 0.862. The van der Waals surface area contributed by atoms with E-state index in [-0.39, 0.29) is 5.56 Å². The van der Waals surface area contributed by atoms with E-state index in [2.05, 4.69) is 39.6 Å². The number of rotatable bonds is 3. The first-order valence-corrected chi connectivity index (χ1v) is 9.59. The highest BCUT2D eigenvalue weighted by atomic mass is 32.1. The molecular weight excluding hydrogens is 368 g/mol. The van der Waals surface area contributed by atoms with E-state index < -0.39 is 0 Å². The van der Waals surface area contributed by atoms with Gasteiger partial charge in [0.15, 0.2) is 5.69 Å². The summed E-state index contributed by atoms with van der Waals surface area (Å²) in [6, 6.07) is 27.6. The predicted octanol–water partition coefficient (Wildman–Crippen LogP) is 4.55. The Hall–Kier alpha value is -3.64. The lowest BCUT2D eigenvalue weighted by atomic mass is 10.0. The highest BCUT2D eigenvalue weighted by molar-refractivity contribution is 7.19. The summed E-state index contributed by atoms with van der Waals surface area (Å²) in [6.07, 6.45) is 0. The second kappa shape index (κ2) is 6.83. The Morgan fingerprint density at radius 1 is 0.643 bits per heavy atom. The minimum absolute atomic E-state index is 0.264. The van der Waals surface area contributed by atoms with Crippen molar-refractivity contribution in [3.8, 4) is 33.0 Å². The summed E-state index contributed by atoms with van der Waals surface area (Å²) < 4.78 is 1.33. The average molecular weight is 382 g/mol. The van der Waals surface area contributed by atoms with Gasteiger partial charge >= 0.3 is 5.56 Å². The Bertz CT molecular complexity index is 1310. The first-order chi connectivity index (χ1) is 13.8. The van der Waals surface area contributed by atoms with Crippen LogP contribution in [0.4, 0.5) is 0 Å². The maximum atomic E-state index is 12.8. The Morgan fingerprint density at radius 3 is 1.89 bits per heavy atom. The second-order valence-corrected chi connectivity index (χ2v) is 7.22. The SMILES string of the molecule is O=c1c(-c2ccccc2)nnc2sc(-c3ccc(-c4ccccc4)cc3)nn12. The van der Waals surface area contributed by atoms with Crippen LogP contribution in [0.1, 0.15) is 0 Å². The van der Waals surface area contributed by atoms with Crippen LogP contribution in [0.5, 0.6) is 0 Å². The molecule has 2 aromatic heterocycles. The maximum Gasteiger partial charge on any atom is 0.302 e. The molecule has 0 fully saturated rings. The van der Waals surface area contributed by atoms with Gasteiger partial charge in [-0.3, -0.25) is 4.79 Å². The third-order valence-corrected chi connectivity index (χ3v) is 5.42.